The van der Waals surface area contributed by atoms with Gasteiger partial charge in [0, 0.05) is 10.6 Å². The van der Waals surface area contributed by atoms with Crippen molar-refractivity contribution in [2.24, 2.45) is 5.73 Å². The van der Waals surface area contributed by atoms with Gasteiger partial charge in [-0.15, -0.1) is 0 Å². The fourth-order valence-electron chi connectivity index (χ4n) is 2.63. The van der Waals surface area contributed by atoms with E-state index in [2.05, 4.69) is 19.1 Å². The minimum absolute atomic E-state index is 0.407. The molecular formula is C22H31NO2Si. The van der Waals surface area contributed by atoms with Crippen molar-refractivity contribution in [1.29, 1.82) is 0 Å². The van der Waals surface area contributed by atoms with E-state index < -0.39 is 19.1 Å². The van der Waals surface area contributed by atoms with Crippen LogP contribution in [-0.4, -0.2) is 18.2 Å². The number of hydrogen-bond acceptors (Lipinski definition) is 3. The Kier molecular flexibility index (Phi) is 6.24. The number of hydrogen-bond donors (Lipinski definition) is 3. The van der Waals surface area contributed by atoms with Crippen molar-refractivity contribution in [3.05, 3.63) is 77.0 Å². The van der Waals surface area contributed by atoms with Gasteiger partial charge in [0.15, 0.2) is 0 Å². The van der Waals surface area contributed by atoms with Gasteiger partial charge in [-0.25, -0.2) is 0 Å². The van der Waals surface area contributed by atoms with Crippen molar-refractivity contribution < 1.29 is 9.59 Å². The summed E-state index contributed by atoms with van der Waals surface area (Å²) in [7, 11) is -3.39. The fourth-order valence-corrected chi connectivity index (χ4v) is 3.56. The first-order valence-electron chi connectivity index (χ1n) is 9.09. The number of aryl methyl sites for hydroxylation is 1. The molecule has 0 aliphatic heterocycles. The van der Waals surface area contributed by atoms with Gasteiger partial charge in [0.05, 0.1) is 0 Å². The van der Waals surface area contributed by atoms with Crippen molar-refractivity contribution in [2.75, 3.05) is 0 Å². The quantitative estimate of drug-likeness (QED) is 0.666. The smallest absolute Gasteiger partial charge is 0.365 e. The molecule has 3 nitrogen and oxygen atoms in total. The normalized spacial score (nSPS) is 15.2. The monoisotopic (exact) mass is 369 g/mol. The summed E-state index contributed by atoms with van der Waals surface area (Å²) in [5.74, 6) is 0. The van der Waals surface area contributed by atoms with E-state index in [-0.39, 0.29) is 0 Å². The maximum Gasteiger partial charge on any atom is 0.365 e. The third-order valence-corrected chi connectivity index (χ3v) is 7.80. The van der Waals surface area contributed by atoms with Crippen LogP contribution in [0, 0.1) is 0 Å². The summed E-state index contributed by atoms with van der Waals surface area (Å²) in [5, 5.41) is -0.517. The molecule has 26 heavy (non-hydrogen) atoms. The largest absolute Gasteiger partial charge is 0.407 e. The maximum absolute atomic E-state index is 10.3. The van der Waals surface area contributed by atoms with Crippen LogP contribution >= 0.6 is 0 Å². The second-order valence-electron chi connectivity index (χ2n) is 8.33. The van der Waals surface area contributed by atoms with Crippen LogP contribution in [-0.2, 0) is 12.0 Å². The highest BCUT2D eigenvalue weighted by Crippen LogP contribution is 2.33. The van der Waals surface area contributed by atoms with Gasteiger partial charge in [-0.1, -0.05) is 81.4 Å². The summed E-state index contributed by atoms with van der Waals surface area (Å²) < 4.78 is 0. The minimum Gasteiger partial charge on any atom is -0.407 e. The third-order valence-electron chi connectivity index (χ3n) is 4.96. The summed E-state index contributed by atoms with van der Waals surface area (Å²) in [5.41, 5.74) is 11.0. The standard InChI is InChI=1S/C22H31NO2Si/c1-21(2,3)26(24,25)17-15-19-10-12-20(13-11-19)22(4,23)16-14-18-8-6-5-7-9-18/h5-13,15,17,24-25H,14,16,23H2,1-4H3. The summed E-state index contributed by atoms with van der Waals surface area (Å²) in [6.07, 6.45) is 3.59. The van der Waals surface area contributed by atoms with Crippen LogP contribution in [0.2, 0.25) is 5.04 Å². The van der Waals surface area contributed by atoms with Gasteiger partial charge in [-0.05, 0) is 42.2 Å². The topological polar surface area (TPSA) is 66.5 Å². The first-order chi connectivity index (χ1) is 12.0. The van der Waals surface area contributed by atoms with E-state index in [1.54, 1.807) is 11.8 Å². The molecule has 140 valence electrons. The van der Waals surface area contributed by atoms with Gasteiger partial charge in [-0.2, -0.15) is 0 Å². The van der Waals surface area contributed by atoms with E-state index in [9.17, 15) is 9.59 Å². The highest BCUT2D eigenvalue weighted by atomic mass is 28.4. The van der Waals surface area contributed by atoms with Crippen LogP contribution in [0.25, 0.3) is 6.08 Å². The number of rotatable bonds is 6. The predicted molar refractivity (Wildman–Crippen MR) is 112 cm³/mol. The van der Waals surface area contributed by atoms with Crippen molar-refractivity contribution in [3.8, 4) is 0 Å². The van der Waals surface area contributed by atoms with Gasteiger partial charge in [0.25, 0.3) is 0 Å². The van der Waals surface area contributed by atoms with Crippen molar-refractivity contribution in [3.63, 3.8) is 0 Å². The van der Waals surface area contributed by atoms with Gasteiger partial charge < -0.3 is 15.3 Å². The third kappa shape index (κ3) is 5.38. The fraction of sp³-hybridized carbons (Fsp3) is 0.364. The Morgan fingerprint density at radius 1 is 0.923 bits per heavy atom. The lowest BCUT2D eigenvalue weighted by atomic mass is 9.86. The molecule has 2 aromatic rings. The maximum atomic E-state index is 10.3. The Bertz CT molecular complexity index is 729. The molecule has 0 fully saturated rings. The molecule has 0 aromatic heterocycles. The predicted octanol–water partition coefficient (Wildman–Crippen LogP) is 4.27. The van der Waals surface area contributed by atoms with Gasteiger partial charge in [0.2, 0.25) is 0 Å². The van der Waals surface area contributed by atoms with Crippen LogP contribution in [0.5, 0.6) is 0 Å². The molecular weight excluding hydrogens is 338 g/mol. The average Bonchev–Trinajstić information content (AvgIpc) is 2.59. The van der Waals surface area contributed by atoms with Crippen molar-refractivity contribution in [2.45, 2.75) is 51.1 Å². The Hall–Kier alpha value is -1.72. The van der Waals surface area contributed by atoms with Gasteiger partial charge >= 0.3 is 8.56 Å². The van der Waals surface area contributed by atoms with E-state index in [0.717, 1.165) is 24.0 Å². The first-order valence-corrected chi connectivity index (χ1v) is 11.1. The van der Waals surface area contributed by atoms with Crippen LogP contribution < -0.4 is 5.73 Å². The Morgan fingerprint density at radius 2 is 1.50 bits per heavy atom. The average molecular weight is 370 g/mol. The molecule has 0 spiro atoms. The molecule has 0 saturated heterocycles. The molecule has 4 heteroatoms. The van der Waals surface area contributed by atoms with Gasteiger partial charge in [-0.3, -0.25) is 0 Å². The minimum atomic E-state index is -3.39. The lowest BCUT2D eigenvalue weighted by Gasteiger charge is -2.28. The molecule has 4 N–H and O–H groups in total. The zero-order valence-corrected chi connectivity index (χ0v) is 17.2. The van der Waals surface area contributed by atoms with E-state index in [0.29, 0.717) is 0 Å². The zero-order valence-electron chi connectivity index (χ0n) is 16.2. The molecule has 0 bridgehead atoms. The molecule has 0 amide bonds. The molecule has 0 saturated carbocycles. The van der Waals surface area contributed by atoms with E-state index >= 15 is 0 Å². The van der Waals surface area contributed by atoms with Crippen molar-refractivity contribution >= 4 is 14.6 Å². The molecule has 0 heterocycles. The highest BCUT2D eigenvalue weighted by Gasteiger charge is 2.40. The highest BCUT2D eigenvalue weighted by molar-refractivity contribution is 6.73. The summed E-state index contributed by atoms with van der Waals surface area (Å²) in [4.78, 5) is 20.5. The summed E-state index contributed by atoms with van der Waals surface area (Å²) in [6, 6.07) is 18.4. The molecule has 1 atom stereocenters. The van der Waals surface area contributed by atoms with Crippen LogP contribution in [0.3, 0.4) is 0 Å². The van der Waals surface area contributed by atoms with Gasteiger partial charge in [0.1, 0.15) is 0 Å². The van der Waals surface area contributed by atoms with Crippen molar-refractivity contribution in [1.82, 2.24) is 0 Å². The molecule has 2 rings (SSSR count). The Morgan fingerprint density at radius 3 is 2.04 bits per heavy atom. The second-order valence-corrected chi connectivity index (χ2v) is 11.6. The van der Waals surface area contributed by atoms with E-state index in [1.807, 2.05) is 63.2 Å². The van der Waals surface area contributed by atoms with Crippen LogP contribution in [0.1, 0.15) is 50.8 Å². The molecule has 0 radical (unpaired) electrons. The zero-order chi connectivity index (χ0) is 19.4. The summed E-state index contributed by atoms with van der Waals surface area (Å²) >= 11 is 0. The molecule has 0 aliphatic carbocycles. The second kappa shape index (κ2) is 7.88. The lowest BCUT2D eigenvalue weighted by molar-refractivity contribution is 0.333. The Balaban J connectivity index is 2.06. The number of nitrogens with two attached hydrogens (primary N) is 1. The van der Waals surface area contributed by atoms with Crippen LogP contribution in [0.15, 0.2) is 60.3 Å². The van der Waals surface area contributed by atoms with E-state index in [1.165, 1.54) is 5.56 Å². The van der Waals surface area contributed by atoms with E-state index in [4.69, 9.17) is 5.73 Å². The summed E-state index contributed by atoms with van der Waals surface area (Å²) in [6.45, 7) is 7.59. The lowest BCUT2D eigenvalue weighted by Crippen LogP contribution is -2.42. The number of benzene rings is 2. The van der Waals surface area contributed by atoms with Crippen LogP contribution in [0.4, 0.5) is 0 Å². The molecule has 1 unspecified atom stereocenters. The first kappa shape index (κ1) is 20.6. The Labute approximate surface area is 158 Å². The molecule has 0 aliphatic rings. The molecule has 2 aromatic carbocycles. The SMILES string of the molecule is CC(N)(CCc1ccccc1)c1ccc(C=C[Si](O)(O)C(C)(C)C)cc1.